The molecule has 0 aliphatic heterocycles. The molecule has 0 aromatic heterocycles. The number of rotatable bonds is 5. The maximum Gasteiger partial charge on any atom is 0.354 e. The fourth-order valence-corrected chi connectivity index (χ4v) is 3.90. The summed E-state index contributed by atoms with van der Waals surface area (Å²) in [5.74, 6) is -7.18. The Hall–Kier alpha value is -4.23. The predicted molar refractivity (Wildman–Crippen MR) is 107 cm³/mol. The van der Waals surface area contributed by atoms with Crippen LogP contribution in [0.2, 0.25) is 0 Å². The summed E-state index contributed by atoms with van der Waals surface area (Å²) >= 11 is 0. The van der Waals surface area contributed by atoms with Crippen LogP contribution in [0.5, 0.6) is 11.5 Å². The predicted octanol–water partition coefficient (Wildman–Crippen LogP) is 0.419. The summed E-state index contributed by atoms with van der Waals surface area (Å²) in [7, 11) is -3.70. The molecule has 0 radical (unpaired) electrons. The van der Waals surface area contributed by atoms with E-state index in [-0.39, 0.29) is 11.1 Å². The summed E-state index contributed by atoms with van der Waals surface area (Å²) in [6.07, 6.45) is 0.555. The van der Waals surface area contributed by atoms with Gasteiger partial charge >= 0.3 is 11.9 Å². The molecule has 0 heterocycles. The zero-order valence-corrected chi connectivity index (χ0v) is 17.7. The minimum absolute atomic E-state index is 0.161. The molecule has 1 aliphatic carbocycles. The number of esters is 2. The molecule has 0 unspecified atom stereocenters. The second-order valence-corrected chi connectivity index (χ2v) is 7.82. The lowest BCUT2D eigenvalue weighted by atomic mass is 9.82. The number of nitrogens with one attached hydrogen (secondary N) is 1. The van der Waals surface area contributed by atoms with Crippen molar-refractivity contribution in [1.82, 2.24) is 0 Å². The lowest BCUT2D eigenvalue weighted by Crippen LogP contribution is -2.25. The average Bonchev–Trinajstić information content (AvgIpc) is 2.76. The first kappa shape index (κ1) is 23.4. The van der Waals surface area contributed by atoms with Gasteiger partial charge in [0.25, 0.3) is 0 Å². The number of phenolic OH excluding ortho intramolecular Hbond substituents is 2. The quantitative estimate of drug-likeness (QED) is 0.151. The average molecular weight is 476 g/mol. The summed E-state index contributed by atoms with van der Waals surface area (Å²) in [6.45, 7) is 0. The van der Waals surface area contributed by atoms with Crippen molar-refractivity contribution in [3.63, 3.8) is 0 Å². The van der Waals surface area contributed by atoms with Crippen molar-refractivity contribution in [3.8, 4) is 11.5 Å². The Kier molecular flexibility index (Phi) is 5.94. The van der Waals surface area contributed by atoms with Crippen LogP contribution in [0.4, 0.5) is 5.69 Å². The largest absolute Gasteiger partial charge is 0.744 e. The molecule has 0 spiro atoms. The number of benzene rings is 2. The van der Waals surface area contributed by atoms with Gasteiger partial charge in [-0.05, 0) is 0 Å². The lowest BCUT2D eigenvalue weighted by Gasteiger charge is -2.25. The van der Waals surface area contributed by atoms with Gasteiger partial charge in [-0.3, -0.25) is 9.59 Å². The molecule has 0 fully saturated rings. The molecular weight excluding hydrogens is 462 g/mol. The monoisotopic (exact) mass is 476 g/mol. The normalized spacial score (nSPS) is 13.1. The minimum atomic E-state index is -5.61. The molecule has 1 aliphatic rings. The first-order valence-electron chi connectivity index (χ1n) is 8.85. The first-order chi connectivity index (χ1) is 15.4. The highest BCUT2D eigenvalue weighted by Gasteiger charge is 2.39. The minimum Gasteiger partial charge on any atom is -0.744 e. The van der Waals surface area contributed by atoms with Crippen LogP contribution in [-0.2, 0) is 29.2 Å². The molecule has 33 heavy (non-hydrogen) atoms. The van der Waals surface area contributed by atoms with Crippen molar-refractivity contribution in [3.05, 3.63) is 58.3 Å². The van der Waals surface area contributed by atoms with E-state index >= 15 is 0 Å². The summed E-state index contributed by atoms with van der Waals surface area (Å²) in [5.41, 5.74) is -3.64. The van der Waals surface area contributed by atoms with Crippen molar-refractivity contribution in [1.29, 1.82) is 0 Å². The van der Waals surface area contributed by atoms with Gasteiger partial charge in [0.15, 0.2) is 17.3 Å². The summed E-state index contributed by atoms with van der Waals surface area (Å²) in [4.78, 5) is 48.4. The Morgan fingerprint density at radius 3 is 2.00 bits per heavy atom. The molecule has 0 bridgehead atoms. The topological polar surface area (TPSA) is 196 Å². The summed E-state index contributed by atoms with van der Waals surface area (Å²) < 4.78 is 44.2. The fourth-order valence-electron chi connectivity index (χ4n) is 3.22. The molecule has 2 aromatic carbocycles. The SMILES string of the molecule is COC(=O)/C=C(/Nc1c(O)c(S(=O)(=O)[O-])c(O)c2c1C(=O)c1ccccc1C2=O)C(=O)OC. The van der Waals surface area contributed by atoms with Gasteiger partial charge in [-0.1, -0.05) is 24.3 Å². The van der Waals surface area contributed by atoms with Gasteiger partial charge in [-0.2, -0.15) is 0 Å². The third-order valence-electron chi connectivity index (χ3n) is 4.65. The standard InChI is InChI=1S/C20H15NO11S/c1-31-11(22)7-10(20(27)32-2)21-14-12-13(17(25)19(18(14)26)33(28,29)30)16(24)9-6-4-3-5-8(9)15(12)23/h3-7,21,25-26H,1-2H3,(H,28,29,30)/p-1/b10-7+. The smallest absolute Gasteiger partial charge is 0.354 e. The van der Waals surface area contributed by atoms with Crippen LogP contribution in [0.1, 0.15) is 31.8 Å². The van der Waals surface area contributed by atoms with E-state index in [9.17, 15) is 42.4 Å². The van der Waals surface area contributed by atoms with Crippen molar-refractivity contribution in [2.45, 2.75) is 4.90 Å². The second kappa shape index (κ2) is 8.37. The van der Waals surface area contributed by atoms with Crippen LogP contribution >= 0.6 is 0 Å². The number of fused-ring (bicyclic) bond motifs is 2. The highest BCUT2D eigenvalue weighted by molar-refractivity contribution is 7.86. The highest BCUT2D eigenvalue weighted by Crippen LogP contribution is 2.48. The maximum atomic E-state index is 13.2. The number of anilines is 1. The van der Waals surface area contributed by atoms with E-state index in [1.807, 2.05) is 0 Å². The van der Waals surface area contributed by atoms with Crippen LogP contribution in [0, 0.1) is 0 Å². The number of aromatic hydroxyl groups is 2. The molecule has 2 aromatic rings. The van der Waals surface area contributed by atoms with Crippen molar-refractivity contribution < 1.29 is 51.8 Å². The number of methoxy groups -OCH3 is 2. The van der Waals surface area contributed by atoms with Crippen LogP contribution in [0.15, 0.2) is 40.9 Å². The van der Waals surface area contributed by atoms with E-state index in [1.54, 1.807) is 0 Å². The first-order valence-corrected chi connectivity index (χ1v) is 10.3. The third-order valence-corrected chi connectivity index (χ3v) is 5.54. The Bertz CT molecular complexity index is 1370. The van der Waals surface area contributed by atoms with Crippen LogP contribution < -0.4 is 5.32 Å². The van der Waals surface area contributed by atoms with E-state index in [0.717, 1.165) is 14.2 Å². The Labute approximate surface area is 185 Å². The van der Waals surface area contributed by atoms with Crippen LogP contribution in [-0.4, -0.2) is 60.9 Å². The fraction of sp³-hybridized carbons (Fsp3) is 0.100. The molecule has 12 nitrogen and oxygen atoms in total. The van der Waals surface area contributed by atoms with Crippen LogP contribution in [0.3, 0.4) is 0 Å². The molecule has 3 rings (SSSR count). The molecule has 172 valence electrons. The lowest BCUT2D eigenvalue weighted by molar-refractivity contribution is -0.138. The third kappa shape index (κ3) is 3.90. The molecule has 0 amide bonds. The number of carbonyl (C=O) groups excluding carboxylic acids is 4. The molecule has 13 heteroatoms. The second-order valence-electron chi connectivity index (χ2n) is 6.51. The van der Waals surface area contributed by atoms with Gasteiger partial charge in [0, 0.05) is 11.1 Å². The number of carbonyl (C=O) groups is 4. The zero-order valence-electron chi connectivity index (χ0n) is 16.9. The van der Waals surface area contributed by atoms with Gasteiger partial charge in [-0.15, -0.1) is 0 Å². The van der Waals surface area contributed by atoms with Crippen molar-refractivity contribution in [2.24, 2.45) is 0 Å². The molecular formula is C20H14NO11S-. The van der Waals surface area contributed by atoms with Crippen molar-refractivity contribution in [2.75, 3.05) is 19.5 Å². The van der Waals surface area contributed by atoms with E-state index in [2.05, 4.69) is 14.8 Å². The Morgan fingerprint density at radius 1 is 0.970 bits per heavy atom. The maximum absolute atomic E-state index is 13.2. The molecule has 3 N–H and O–H groups in total. The van der Waals surface area contributed by atoms with Gasteiger partial charge in [0.2, 0.25) is 0 Å². The van der Waals surface area contributed by atoms with E-state index in [4.69, 9.17) is 0 Å². The van der Waals surface area contributed by atoms with E-state index in [1.165, 1.54) is 24.3 Å². The van der Waals surface area contributed by atoms with E-state index in [0.29, 0.717) is 6.08 Å². The molecule has 0 saturated carbocycles. The molecule has 0 saturated heterocycles. The van der Waals surface area contributed by atoms with Gasteiger partial charge in [0.1, 0.15) is 26.5 Å². The number of hydrogen-bond donors (Lipinski definition) is 3. The van der Waals surface area contributed by atoms with E-state index < -0.39 is 72.5 Å². The highest BCUT2D eigenvalue weighted by atomic mass is 32.2. The van der Waals surface area contributed by atoms with Gasteiger partial charge in [-0.25, -0.2) is 18.0 Å². The van der Waals surface area contributed by atoms with Crippen molar-refractivity contribution >= 4 is 39.3 Å². The summed E-state index contributed by atoms with van der Waals surface area (Å²) in [6, 6.07) is 5.33. The van der Waals surface area contributed by atoms with Gasteiger partial charge in [0.05, 0.1) is 37.1 Å². The number of hydrogen-bond acceptors (Lipinski definition) is 12. The number of phenols is 2. The molecule has 0 atom stereocenters. The Balaban J connectivity index is 2.43. The number of ketones is 2. The zero-order chi connectivity index (χ0) is 24.7. The van der Waals surface area contributed by atoms with Gasteiger partial charge < -0.3 is 29.6 Å². The number of ether oxygens (including phenoxy) is 2. The Morgan fingerprint density at radius 2 is 1.52 bits per heavy atom. The van der Waals surface area contributed by atoms with Crippen LogP contribution in [0.25, 0.3) is 0 Å². The summed E-state index contributed by atoms with van der Waals surface area (Å²) in [5, 5.41) is 23.2.